The number of hydrogen-bond donors (Lipinski definition) is 1. The van der Waals surface area contributed by atoms with Crippen molar-refractivity contribution < 1.29 is 14.0 Å². The van der Waals surface area contributed by atoms with Gasteiger partial charge in [0.2, 0.25) is 5.91 Å². The maximum atomic E-state index is 11.9. The molecule has 2 heterocycles. The van der Waals surface area contributed by atoms with E-state index in [1.165, 1.54) is 6.26 Å². The quantitative estimate of drug-likeness (QED) is 0.840. The van der Waals surface area contributed by atoms with Gasteiger partial charge in [0.15, 0.2) is 11.5 Å². The van der Waals surface area contributed by atoms with Gasteiger partial charge >= 0.3 is 0 Å². The van der Waals surface area contributed by atoms with Crippen LogP contribution in [0.1, 0.15) is 28.5 Å². The molecule has 0 spiro atoms. The Morgan fingerprint density at radius 2 is 2.06 bits per heavy atom. The molecule has 1 aliphatic heterocycles. The van der Waals surface area contributed by atoms with Gasteiger partial charge in [-0.25, -0.2) is 0 Å². The van der Waals surface area contributed by atoms with Gasteiger partial charge in [-0.2, -0.15) is 0 Å². The van der Waals surface area contributed by atoms with Crippen molar-refractivity contribution in [2.75, 3.05) is 5.32 Å². The third-order valence-corrected chi connectivity index (χ3v) is 3.10. The van der Waals surface area contributed by atoms with Gasteiger partial charge in [-0.1, -0.05) is 18.2 Å². The monoisotopic (exact) mass is 241 g/mol. The van der Waals surface area contributed by atoms with Crippen LogP contribution in [0.3, 0.4) is 0 Å². The summed E-state index contributed by atoms with van der Waals surface area (Å²) in [6.07, 6.45) is 1.59. The fraction of sp³-hybridized carbons (Fsp3) is 0.143. The predicted molar refractivity (Wildman–Crippen MR) is 65.5 cm³/mol. The van der Waals surface area contributed by atoms with Crippen molar-refractivity contribution in [2.45, 2.75) is 12.3 Å². The van der Waals surface area contributed by atoms with Crippen LogP contribution in [0, 0.1) is 0 Å². The predicted octanol–water partition coefficient (Wildman–Crippen LogP) is 2.59. The molecule has 18 heavy (non-hydrogen) atoms. The third kappa shape index (κ3) is 1.72. The summed E-state index contributed by atoms with van der Waals surface area (Å²) in [6.45, 7) is 0. The van der Waals surface area contributed by atoms with Crippen molar-refractivity contribution >= 4 is 17.4 Å². The van der Waals surface area contributed by atoms with Gasteiger partial charge in [-0.3, -0.25) is 9.59 Å². The van der Waals surface area contributed by atoms with Crippen LogP contribution in [0.25, 0.3) is 0 Å². The summed E-state index contributed by atoms with van der Waals surface area (Å²) in [4.78, 5) is 23.8. The number of furan rings is 1. The fourth-order valence-corrected chi connectivity index (χ4v) is 2.20. The number of amides is 1. The number of fused-ring (bicyclic) bond motifs is 1. The Kier molecular flexibility index (Phi) is 2.48. The van der Waals surface area contributed by atoms with E-state index in [0.29, 0.717) is 5.76 Å². The average molecular weight is 241 g/mol. The Morgan fingerprint density at radius 3 is 2.83 bits per heavy atom. The smallest absolute Gasteiger partial charge is 0.232 e. The van der Waals surface area contributed by atoms with Crippen molar-refractivity contribution in [3.05, 3.63) is 54.0 Å². The zero-order valence-corrected chi connectivity index (χ0v) is 9.55. The highest BCUT2D eigenvalue weighted by molar-refractivity contribution is 6.06. The second kappa shape index (κ2) is 4.14. The molecule has 1 N–H and O–H groups in total. The minimum atomic E-state index is -0.418. The molecule has 3 rings (SSSR count). The highest BCUT2D eigenvalue weighted by Gasteiger charge is 2.32. The van der Waals surface area contributed by atoms with E-state index in [2.05, 4.69) is 5.32 Å². The number of anilines is 1. The van der Waals surface area contributed by atoms with E-state index in [-0.39, 0.29) is 18.1 Å². The maximum Gasteiger partial charge on any atom is 0.232 e. The lowest BCUT2D eigenvalue weighted by molar-refractivity contribution is -0.117. The van der Waals surface area contributed by atoms with Gasteiger partial charge in [-0.15, -0.1) is 0 Å². The molecular formula is C14H11NO3. The van der Waals surface area contributed by atoms with Gasteiger partial charge in [0.1, 0.15) is 0 Å². The molecule has 1 unspecified atom stereocenters. The topological polar surface area (TPSA) is 59.3 Å². The second-order valence-electron chi connectivity index (χ2n) is 4.23. The molecule has 1 aromatic heterocycles. The van der Waals surface area contributed by atoms with Gasteiger partial charge in [0, 0.05) is 12.1 Å². The summed E-state index contributed by atoms with van der Waals surface area (Å²) in [5, 5.41) is 2.78. The van der Waals surface area contributed by atoms with Crippen LogP contribution in [0.15, 0.2) is 47.1 Å². The van der Waals surface area contributed by atoms with E-state index in [1.54, 1.807) is 12.1 Å². The molecule has 1 amide bonds. The number of carbonyl (C=O) groups excluding carboxylic acids is 2. The van der Waals surface area contributed by atoms with Gasteiger partial charge in [0.25, 0.3) is 0 Å². The number of nitrogens with one attached hydrogen (secondary N) is 1. The lowest BCUT2D eigenvalue weighted by atomic mass is 9.94. The molecule has 90 valence electrons. The first-order chi connectivity index (χ1) is 8.75. The number of ketones is 1. The molecule has 1 atom stereocenters. The minimum absolute atomic E-state index is 0.129. The zero-order chi connectivity index (χ0) is 12.5. The molecule has 1 aromatic carbocycles. The van der Waals surface area contributed by atoms with Crippen LogP contribution in [-0.2, 0) is 4.79 Å². The van der Waals surface area contributed by atoms with Crippen LogP contribution in [0.2, 0.25) is 0 Å². The summed E-state index contributed by atoms with van der Waals surface area (Å²) < 4.78 is 5.05. The second-order valence-corrected chi connectivity index (χ2v) is 4.23. The number of para-hydroxylation sites is 1. The molecule has 0 bridgehead atoms. The molecule has 4 nitrogen and oxygen atoms in total. The molecule has 4 heteroatoms. The van der Waals surface area contributed by atoms with Crippen LogP contribution >= 0.6 is 0 Å². The lowest BCUT2D eigenvalue weighted by Crippen LogP contribution is -2.15. The Morgan fingerprint density at radius 1 is 1.22 bits per heavy atom. The highest BCUT2D eigenvalue weighted by atomic mass is 16.3. The first-order valence-corrected chi connectivity index (χ1v) is 5.72. The van der Waals surface area contributed by atoms with Crippen LogP contribution in [0.4, 0.5) is 5.69 Å². The van der Waals surface area contributed by atoms with E-state index in [9.17, 15) is 9.59 Å². The summed E-state index contributed by atoms with van der Waals surface area (Å²) in [7, 11) is 0. The number of hydrogen-bond acceptors (Lipinski definition) is 3. The lowest BCUT2D eigenvalue weighted by Gasteiger charge is -2.06. The Bertz CT molecular complexity index is 601. The van der Waals surface area contributed by atoms with Crippen LogP contribution in [-0.4, -0.2) is 11.7 Å². The minimum Gasteiger partial charge on any atom is -0.461 e. The SMILES string of the molecule is O=C(CC1C(=O)Nc2ccccc21)c1ccco1. The van der Waals surface area contributed by atoms with E-state index < -0.39 is 5.92 Å². The van der Waals surface area contributed by atoms with Gasteiger partial charge in [-0.05, 0) is 23.8 Å². The first-order valence-electron chi connectivity index (χ1n) is 5.72. The Balaban J connectivity index is 1.85. The van der Waals surface area contributed by atoms with Crippen molar-refractivity contribution in [3.8, 4) is 0 Å². The summed E-state index contributed by atoms with van der Waals surface area (Å²) >= 11 is 0. The normalized spacial score (nSPS) is 17.3. The van der Waals surface area contributed by atoms with E-state index >= 15 is 0 Å². The first kappa shape index (κ1) is 10.8. The molecule has 0 radical (unpaired) electrons. The molecule has 0 aliphatic carbocycles. The summed E-state index contributed by atoms with van der Waals surface area (Å²) in [5.74, 6) is -0.404. The van der Waals surface area contributed by atoms with Crippen molar-refractivity contribution in [1.82, 2.24) is 0 Å². The number of rotatable bonds is 3. The molecule has 2 aromatic rings. The van der Waals surface area contributed by atoms with Crippen molar-refractivity contribution in [1.29, 1.82) is 0 Å². The summed E-state index contributed by atoms with van der Waals surface area (Å²) in [5.41, 5.74) is 1.67. The Labute approximate surface area is 104 Å². The van der Waals surface area contributed by atoms with Crippen molar-refractivity contribution in [2.24, 2.45) is 0 Å². The van der Waals surface area contributed by atoms with Gasteiger partial charge < -0.3 is 9.73 Å². The summed E-state index contributed by atoms with van der Waals surface area (Å²) in [6, 6.07) is 10.7. The van der Waals surface area contributed by atoms with Gasteiger partial charge in [0.05, 0.1) is 12.2 Å². The maximum absolute atomic E-state index is 11.9. The average Bonchev–Trinajstić information content (AvgIpc) is 2.98. The standard InChI is InChI=1S/C14H11NO3/c16-12(13-6-3-7-18-13)8-10-9-4-1-2-5-11(9)15-14(10)17/h1-7,10H,8H2,(H,15,17). The molecule has 0 saturated heterocycles. The number of carbonyl (C=O) groups is 2. The third-order valence-electron chi connectivity index (χ3n) is 3.10. The molecule has 0 fully saturated rings. The molecular weight excluding hydrogens is 230 g/mol. The van der Waals surface area contributed by atoms with Crippen LogP contribution < -0.4 is 5.32 Å². The molecule has 0 saturated carbocycles. The van der Waals surface area contributed by atoms with E-state index in [4.69, 9.17) is 4.42 Å². The number of Topliss-reactive ketones (excluding diaryl/α,β-unsaturated/α-hetero) is 1. The van der Waals surface area contributed by atoms with E-state index in [1.807, 2.05) is 24.3 Å². The zero-order valence-electron chi connectivity index (χ0n) is 9.55. The van der Waals surface area contributed by atoms with Crippen LogP contribution in [0.5, 0.6) is 0 Å². The highest BCUT2D eigenvalue weighted by Crippen LogP contribution is 2.34. The Hall–Kier alpha value is -2.36. The van der Waals surface area contributed by atoms with E-state index in [0.717, 1.165) is 11.3 Å². The largest absolute Gasteiger partial charge is 0.461 e. The molecule has 1 aliphatic rings. The number of benzene rings is 1. The van der Waals surface area contributed by atoms with Crippen molar-refractivity contribution in [3.63, 3.8) is 0 Å². The fourth-order valence-electron chi connectivity index (χ4n) is 2.20.